The van der Waals surface area contributed by atoms with Gasteiger partial charge in [-0.2, -0.15) is 0 Å². The van der Waals surface area contributed by atoms with Crippen LogP contribution in [0.5, 0.6) is 0 Å². The topological polar surface area (TPSA) is 97.6 Å². The third kappa shape index (κ3) is 4.90. The van der Waals surface area contributed by atoms with Crippen molar-refractivity contribution < 1.29 is 14.3 Å². The molecule has 2 heterocycles. The number of primary amides is 1. The van der Waals surface area contributed by atoms with Crippen LogP contribution >= 0.6 is 0 Å². The zero-order valence-electron chi connectivity index (χ0n) is 15.4. The molecule has 142 valence electrons. The molecule has 3 rings (SSSR count). The first-order chi connectivity index (χ1) is 13.0. The van der Waals surface area contributed by atoms with Crippen LogP contribution in [0.25, 0.3) is 11.1 Å². The normalized spacial score (nSPS) is 15.9. The quantitative estimate of drug-likeness (QED) is 0.801. The second-order valence-corrected chi connectivity index (χ2v) is 6.61. The number of aromatic nitrogens is 1. The average molecular weight is 368 g/mol. The van der Waals surface area contributed by atoms with Crippen molar-refractivity contribution >= 4 is 11.8 Å². The lowest BCUT2D eigenvalue weighted by atomic mass is 10.0. The number of nitrogens with zero attached hydrogens (tertiary/aromatic N) is 2. The first-order valence-corrected chi connectivity index (χ1v) is 9.00. The molecule has 0 bridgehead atoms. The Morgan fingerprint density at radius 1 is 1.15 bits per heavy atom. The summed E-state index contributed by atoms with van der Waals surface area (Å²) in [5.74, 6) is -0.625. The van der Waals surface area contributed by atoms with Crippen LogP contribution in [0.15, 0.2) is 42.7 Å². The third-order valence-corrected chi connectivity index (χ3v) is 4.73. The lowest BCUT2D eigenvalue weighted by Crippen LogP contribution is -2.47. The van der Waals surface area contributed by atoms with Gasteiger partial charge in [0, 0.05) is 49.2 Å². The first kappa shape index (κ1) is 19.0. The van der Waals surface area contributed by atoms with Crippen molar-refractivity contribution in [2.45, 2.75) is 13.0 Å². The molecule has 2 aromatic rings. The molecule has 0 spiro atoms. The first-order valence-electron chi connectivity index (χ1n) is 9.00. The monoisotopic (exact) mass is 368 g/mol. The highest BCUT2D eigenvalue weighted by Gasteiger charge is 2.17. The van der Waals surface area contributed by atoms with Gasteiger partial charge in [0.25, 0.3) is 5.91 Å². The van der Waals surface area contributed by atoms with Crippen molar-refractivity contribution in [3.8, 4) is 11.1 Å². The lowest BCUT2D eigenvalue weighted by Gasteiger charge is -2.32. The van der Waals surface area contributed by atoms with Gasteiger partial charge < -0.3 is 15.8 Å². The van der Waals surface area contributed by atoms with E-state index in [0.717, 1.165) is 37.4 Å². The average Bonchev–Trinajstić information content (AvgIpc) is 2.72. The molecular formula is C20H24N4O3. The van der Waals surface area contributed by atoms with Crippen LogP contribution in [0.4, 0.5) is 0 Å². The molecule has 0 saturated carbocycles. The number of amides is 2. The molecule has 1 fully saturated rings. The zero-order valence-corrected chi connectivity index (χ0v) is 15.4. The zero-order chi connectivity index (χ0) is 19.2. The molecule has 7 nitrogen and oxygen atoms in total. The molecule has 0 aliphatic carbocycles. The highest BCUT2D eigenvalue weighted by atomic mass is 16.5. The Bertz CT molecular complexity index is 801. The number of hydrogen-bond donors (Lipinski definition) is 2. The van der Waals surface area contributed by atoms with Gasteiger partial charge in [0.15, 0.2) is 0 Å². The fourth-order valence-electron chi connectivity index (χ4n) is 3.04. The molecule has 1 aliphatic rings. The number of nitrogens with two attached hydrogens (primary N) is 1. The van der Waals surface area contributed by atoms with Crippen molar-refractivity contribution in [1.82, 2.24) is 15.2 Å². The summed E-state index contributed by atoms with van der Waals surface area (Å²) in [4.78, 5) is 30.0. The van der Waals surface area contributed by atoms with Gasteiger partial charge in [0.1, 0.15) is 0 Å². The van der Waals surface area contributed by atoms with E-state index in [1.54, 1.807) is 24.4 Å². The van der Waals surface area contributed by atoms with E-state index < -0.39 is 5.91 Å². The smallest absolute Gasteiger partial charge is 0.251 e. The molecule has 7 heteroatoms. The minimum absolute atomic E-state index is 0.106. The number of pyridine rings is 1. The van der Waals surface area contributed by atoms with E-state index in [1.807, 2.05) is 12.1 Å². The van der Waals surface area contributed by atoms with Gasteiger partial charge in [-0.15, -0.1) is 0 Å². The summed E-state index contributed by atoms with van der Waals surface area (Å²) in [6, 6.07) is 9.15. The van der Waals surface area contributed by atoms with Gasteiger partial charge in [-0.25, -0.2) is 0 Å². The van der Waals surface area contributed by atoms with E-state index in [9.17, 15) is 9.59 Å². The number of ether oxygens (including phenoxy) is 1. The molecular weight excluding hydrogens is 344 g/mol. The predicted octanol–water partition coefficient (Wildman–Crippen LogP) is 1.30. The summed E-state index contributed by atoms with van der Waals surface area (Å²) in [5, 5.41) is 2.98. The van der Waals surface area contributed by atoms with Crippen LogP contribution in [-0.4, -0.2) is 60.6 Å². The highest BCUT2D eigenvalue weighted by Crippen LogP contribution is 2.20. The van der Waals surface area contributed by atoms with Crippen LogP contribution in [0.1, 0.15) is 27.6 Å². The summed E-state index contributed by atoms with van der Waals surface area (Å²) in [5.41, 5.74) is 7.88. The van der Waals surface area contributed by atoms with Crippen molar-refractivity contribution in [2.24, 2.45) is 5.73 Å². The highest BCUT2D eigenvalue weighted by molar-refractivity contribution is 5.95. The minimum atomic E-state index is -0.519. The fraction of sp³-hybridized carbons (Fsp3) is 0.350. The van der Waals surface area contributed by atoms with E-state index >= 15 is 0 Å². The molecule has 1 saturated heterocycles. The Morgan fingerprint density at radius 3 is 2.52 bits per heavy atom. The summed E-state index contributed by atoms with van der Waals surface area (Å²) >= 11 is 0. The Morgan fingerprint density at radius 2 is 1.85 bits per heavy atom. The van der Waals surface area contributed by atoms with Crippen molar-refractivity contribution in [1.29, 1.82) is 0 Å². The van der Waals surface area contributed by atoms with Gasteiger partial charge in [-0.05, 0) is 30.7 Å². The Balaban J connectivity index is 1.60. The van der Waals surface area contributed by atoms with Gasteiger partial charge in [0.2, 0.25) is 5.91 Å². The maximum atomic E-state index is 12.4. The molecule has 1 aromatic carbocycles. The van der Waals surface area contributed by atoms with E-state index in [-0.39, 0.29) is 11.9 Å². The van der Waals surface area contributed by atoms with Crippen LogP contribution in [0.3, 0.4) is 0 Å². The van der Waals surface area contributed by atoms with E-state index in [0.29, 0.717) is 17.7 Å². The van der Waals surface area contributed by atoms with Gasteiger partial charge in [-0.1, -0.05) is 12.1 Å². The maximum Gasteiger partial charge on any atom is 0.251 e. The molecule has 3 N–H and O–H groups in total. The summed E-state index contributed by atoms with van der Waals surface area (Å²) < 4.78 is 5.35. The van der Waals surface area contributed by atoms with Crippen molar-refractivity contribution in [3.63, 3.8) is 0 Å². The number of rotatable bonds is 6. The van der Waals surface area contributed by atoms with Crippen LogP contribution in [0, 0.1) is 0 Å². The number of carbonyl (C=O) groups excluding carboxylic acids is 2. The summed E-state index contributed by atoms with van der Waals surface area (Å²) in [7, 11) is 0. The van der Waals surface area contributed by atoms with E-state index in [4.69, 9.17) is 10.5 Å². The standard InChI is InChI=1S/C20H24N4O3/c1-14(24-6-8-27-9-7-24)11-23-20(26)16-4-2-15(3-5-16)17-10-18(19(21)25)13-22-12-17/h2-5,10,12-14H,6-9,11H2,1H3,(H2,21,25)(H,23,26)/t14-/m0/s1. The lowest BCUT2D eigenvalue weighted by molar-refractivity contribution is 0.0204. The van der Waals surface area contributed by atoms with E-state index in [1.165, 1.54) is 6.20 Å². The number of hydrogen-bond acceptors (Lipinski definition) is 5. The van der Waals surface area contributed by atoms with Crippen LogP contribution < -0.4 is 11.1 Å². The molecule has 1 aliphatic heterocycles. The molecule has 1 aromatic heterocycles. The SMILES string of the molecule is C[C@@H](CNC(=O)c1ccc(-c2cncc(C(N)=O)c2)cc1)N1CCOCC1. The molecule has 0 unspecified atom stereocenters. The molecule has 2 amide bonds. The molecule has 1 atom stereocenters. The third-order valence-electron chi connectivity index (χ3n) is 4.73. The number of nitrogens with one attached hydrogen (secondary N) is 1. The van der Waals surface area contributed by atoms with Gasteiger partial charge in [-0.3, -0.25) is 19.5 Å². The minimum Gasteiger partial charge on any atom is -0.379 e. The number of benzene rings is 1. The van der Waals surface area contributed by atoms with Gasteiger partial charge >= 0.3 is 0 Å². The van der Waals surface area contributed by atoms with Gasteiger partial charge in [0.05, 0.1) is 18.8 Å². The largest absolute Gasteiger partial charge is 0.379 e. The van der Waals surface area contributed by atoms with E-state index in [2.05, 4.69) is 22.1 Å². The predicted molar refractivity (Wildman–Crippen MR) is 102 cm³/mol. The Kier molecular flexibility index (Phi) is 6.16. The summed E-state index contributed by atoms with van der Waals surface area (Å²) in [6.45, 7) is 5.96. The van der Waals surface area contributed by atoms with Crippen LogP contribution in [-0.2, 0) is 4.74 Å². The van der Waals surface area contributed by atoms with Crippen molar-refractivity contribution in [3.05, 3.63) is 53.9 Å². The maximum absolute atomic E-state index is 12.4. The van der Waals surface area contributed by atoms with Crippen molar-refractivity contribution in [2.75, 3.05) is 32.8 Å². The molecule has 27 heavy (non-hydrogen) atoms. The fourth-order valence-corrected chi connectivity index (χ4v) is 3.04. The molecule has 0 radical (unpaired) electrons. The second kappa shape index (κ2) is 8.75. The second-order valence-electron chi connectivity index (χ2n) is 6.61. The Hall–Kier alpha value is -2.77. The number of morpholine rings is 1. The van der Waals surface area contributed by atoms with Crippen LogP contribution in [0.2, 0.25) is 0 Å². The Labute approximate surface area is 158 Å². The number of carbonyl (C=O) groups is 2. The summed E-state index contributed by atoms with van der Waals surface area (Å²) in [6.07, 6.45) is 3.09.